The number of rotatable bonds is 8. The number of thioether (sulfide) groups is 1. The van der Waals surface area contributed by atoms with Gasteiger partial charge in [-0.3, -0.25) is 4.79 Å². The highest BCUT2D eigenvalue weighted by Gasteiger charge is 2.25. The molecule has 30 heavy (non-hydrogen) atoms. The van der Waals surface area contributed by atoms with Crippen LogP contribution in [0.25, 0.3) is 11.2 Å². The smallest absolute Gasteiger partial charge is 0.281 e. The van der Waals surface area contributed by atoms with Crippen molar-refractivity contribution >= 4 is 22.9 Å². The number of furan rings is 1. The van der Waals surface area contributed by atoms with Crippen LogP contribution in [0, 0.1) is 6.92 Å². The first-order valence-corrected chi connectivity index (χ1v) is 11.9. The highest BCUT2D eigenvalue weighted by molar-refractivity contribution is 7.98. The average Bonchev–Trinajstić information content (AvgIpc) is 3.37. The molecule has 1 aliphatic rings. The van der Waals surface area contributed by atoms with E-state index in [4.69, 9.17) is 4.42 Å². The summed E-state index contributed by atoms with van der Waals surface area (Å²) < 4.78 is 7.63. The number of aromatic amines is 1. The van der Waals surface area contributed by atoms with Crippen molar-refractivity contribution in [1.82, 2.24) is 29.9 Å². The minimum atomic E-state index is -0.197. The number of likely N-dealkylation sites (tertiary alicyclic amines) is 1. The van der Waals surface area contributed by atoms with Crippen molar-refractivity contribution in [2.75, 3.05) is 25.4 Å². The lowest BCUT2D eigenvalue weighted by atomic mass is 10.0. The van der Waals surface area contributed by atoms with Crippen LogP contribution in [-0.2, 0) is 5.75 Å². The van der Waals surface area contributed by atoms with Gasteiger partial charge in [0, 0.05) is 19.0 Å². The van der Waals surface area contributed by atoms with E-state index in [-0.39, 0.29) is 11.6 Å². The third kappa shape index (κ3) is 4.62. The molecular weight excluding hydrogens is 400 g/mol. The summed E-state index contributed by atoms with van der Waals surface area (Å²) in [6, 6.07) is 4.35. The van der Waals surface area contributed by atoms with Gasteiger partial charge in [0.15, 0.2) is 11.2 Å². The van der Waals surface area contributed by atoms with Gasteiger partial charge < -0.3 is 14.3 Å². The molecule has 0 amide bonds. The molecule has 1 aliphatic heterocycles. The van der Waals surface area contributed by atoms with Crippen molar-refractivity contribution in [3.8, 4) is 0 Å². The van der Waals surface area contributed by atoms with Crippen LogP contribution >= 0.6 is 11.8 Å². The van der Waals surface area contributed by atoms with Crippen LogP contribution in [0.4, 0.5) is 0 Å². The monoisotopic (exact) mass is 430 g/mol. The van der Waals surface area contributed by atoms with Crippen LogP contribution in [0.15, 0.2) is 21.3 Å². The Morgan fingerprint density at radius 2 is 2.13 bits per heavy atom. The van der Waals surface area contributed by atoms with Gasteiger partial charge in [-0.15, -0.1) is 5.10 Å². The minimum Gasteiger partial charge on any atom is -0.466 e. The first-order chi connectivity index (χ1) is 14.5. The standard InChI is InChI=1S/C21H30N6O2S/c1-4-30-13-18-22-20-19(21(28)23-18)24-25-27(20)16-8-11-26(12-9-16)10-7-14(2)17-6-5-15(3)29-17/h5-6,14,16H,4,7-13H2,1-3H3,(H,22,23,28). The van der Waals surface area contributed by atoms with Crippen LogP contribution in [0.1, 0.15) is 62.4 Å². The number of H-pyrrole nitrogens is 1. The van der Waals surface area contributed by atoms with Crippen molar-refractivity contribution in [2.45, 2.75) is 57.7 Å². The second kappa shape index (κ2) is 9.34. The summed E-state index contributed by atoms with van der Waals surface area (Å²) in [5, 5.41) is 8.39. The molecule has 9 heteroatoms. The van der Waals surface area contributed by atoms with E-state index in [1.165, 1.54) is 0 Å². The lowest BCUT2D eigenvalue weighted by Gasteiger charge is -2.32. The molecule has 0 aromatic carbocycles. The number of aromatic nitrogens is 5. The van der Waals surface area contributed by atoms with Gasteiger partial charge in [0.05, 0.1) is 11.8 Å². The third-order valence-electron chi connectivity index (χ3n) is 5.85. The minimum absolute atomic E-state index is 0.197. The number of fused-ring (bicyclic) bond motifs is 1. The molecule has 1 unspecified atom stereocenters. The molecule has 1 N–H and O–H groups in total. The average molecular weight is 431 g/mol. The van der Waals surface area contributed by atoms with Crippen molar-refractivity contribution in [1.29, 1.82) is 0 Å². The summed E-state index contributed by atoms with van der Waals surface area (Å²) in [5.74, 6) is 4.84. The predicted molar refractivity (Wildman–Crippen MR) is 119 cm³/mol. The third-order valence-corrected chi connectivity index (χ3v) is 6.74. The number of nitrogens with one attached hydrogen (secondary N) is 1. The Bertz CT molecular complexity index is 1030. The molecule has 4 rings (SSSR count). The Hall–Kier alpha value is -2.13. The lowest BCUT2D eigenvalue weighted by Crippen LogP contribution is -2.36. The normalized spacial score (nSPS) is 17.0. The van der Waals surface area contributed by atoms with Crippen molar-refractivity contribution in [3.63, 3.8) is 0 Å². The van der Waals surface area contributed by atoms with Crippen molar-refractivity contribution in [3.05, 3.63) is 39.8 Å². The maximum absolute atomic E-state index is 12.3. The van der Waals surface area contributed by atoms with E-state index >= 15 is 0 Å². The molecule has 0 saturated carbocycles. The molecule has 162 valence electrons. The first-order valence-electron chi connectivity index (χ1n) is 10.8. The van der Waals surface area contributed by atoms with Gasteiger partial charge in [-0.05, 0) is 50.6 Å². The van der Waals surface area contributed by atoms with Gasteiger partial charge in [-0.25, -0.2) is 9.67 Å². The summed E-state index contributed by atoms with van der Waals surface area (Å²) in [6.45, 7) is 9.39. The molecule has 0 bridgehead atoms. The SMILES string of the molecule is CCSCc1nc2c(nnn2C2CCN(CCC(C)c3ccc(C)o3)CC2)c(=O)[nH]1. The molecule has 4 heterocycles. The predicted octanol–water partition coefficient (Wildman–Crippen LogP) is 3.50. The van der Waals surface area contributed by atoms with Gasteiger partial charge in [0.1, 0.15) is 17.3 Å². The van der Waals surface area contributed by atoms with Crippen LogP contribution in [0.5, 0.6) is 0 Å². The van der Waals surface area contributed by atoms with E-state index in [0.29, 0.717) is 28.7 Å². The van der Waals surface area contributed by atoms with E-state index < -0.39 is 0 Å². The van der Waals surface area contributed by atoms with Gasteiger partial charge in [-0.2, -0.15) is 11.8 Å². The molecule has 1 fully saturated rings. The van der Waals surface area contributed by atoms with E-state index in [9.17, 15) is 4.79 Å². The Balaban J connectivity index is 1.37. The van der Waals surface area contributed by atoms with Crippen molar-refractivity contribution in [2.24, 2.45) is 0 Å². The van der Waals surface area contributed by atoms with Gasteiger partial charge in [0.25, 0.3) is 5.56 Å². The second-order valence-corrected chi connectivity index (χ2v) is 9.34. The fourth-order valence-electron chi connectivity index (χ4n) is 4.02. The van der Waals surface area contributed by atoms with Gasteiger partial charge in [-0.1, -0.05) is 19.1 Å². The number of nitrogens with zero attached hydrogens (tertiary/aromatic N) is 5. The van der Waals surface area contributed by atoms with Gasteiger partial charge >= 0.3 is 0 Å². The largest absolute Gasteiger partial charge is 0.466 e. The van der Waals surface area contributed by atoms with Crippen LogP contribution < -0.4 is 5.56 Å². The fourth-order valence-corrected chi connectivity index (χ4v) is 4.56. The highest BCUT2D eigenvalue weighted by atomic mass is 32.2. The molecular formula is C21H30N6O2S. The lowest BCUT2D eigenvalue weighted by molar-refractivity contribution is 0.175. The molecule has 3 aromatic rings. The number of piperidine rings is 1. The summed E-state index contributed by atoms with van der Waals surface area (Å²) in [4.78, 5) is 22.3. The topological polar surface area (TPSA) is 92.8 Å². The molecule has 3 aromatic heterocycles. The number of aryl methyl sites for hydroxylation is 1. The summed E-state index contributed by atoms with van der Waals surface area (Å²) in [5.41, 5.74) is 0.758. The van der Waals surface area contributed by atoms with E-state index in [1.807, 2.05) is 17.7 Å². The van der Waals surface area contributed by atoms with E-state index in [0.717, 1.165) is 56.2 Å². The Morgan fingerprint density at radius 1 is 1.33 bits per heavy atom. The summed E-state index contributed by atoms with van der Waals surface area (Å²) >= 11 is 1.73. The second-order valence-electron chi connectivity index (χ2n) is 8.07. The molecule has 1 atom stereocenters. The Kier molecular flexibility index (Phi) is 6.58. The molecule has 0 radical (unpaired) electrons. The highest BCUT2D eigenvalue weighted by Crippen LogP contribution is 2.26. The first kappa shape index (κ1) is 21.1. The Labute approximate surface area is 180 Å². The Morgan fingerprint density at radius 3 is 2.83 bits per heavy atom. The molecule has 1 saturated heterocycles. The zero-order valence-corrected chi connectivity index (χ0v) is 18.7. The number of hydrogen-bond donors (Lipinski definition) is 1. The van der Waals surface area contributed by atoms with E-state index in [1.54, 1.807) is 11.8 Å². The van der Waals surface area contributed by atoms with E-state index in [2.05, 4.69) is 45.1 Å². The zero-order chi connectivity index (χ0) is 21.1. The maximum atomic E-state index is 12.3. The van der Waals surface area contributed by atoms with Gasteiger partial charge in [0.2, 0.25) is 0 Å². The van der Waals surface area contributed by atoms with Crippen LogP contribution in [-0.4, -0.2) is 55.2 Å². The van der Waals surface area contributed by atoms with Crippen LogP contribution in [0.2, 0.25) is 0 Å². The zero-order valence-electron chi connectivity index (χ0n) is 17.9. The fraction of sp³-hybridized carbons (Fsp3) is 0.619. The summed E-state index contributed by atoms with van der Waals surface area (Å²) in [7, 11) is 0. The van der Waals surface area contributed by atoms with Crippen LogP contribution in [0.3, 0.4) is 0 Å². The molecule has 0 spiro atoms. The number of hydrogen-bond acceptors (Lipinski definition) is 7. The molecule has 0 aliphatic carbocycles. The molecule has 8 nitrogen and oxygen atoms in total. The van der Waals surface area contributed by atoms with Crippen molar-refractivity contribution < 1.29 is 4.42 Å². The summed E-state index contributed by atoms with van der Waals surface area (Å²) in [6.07, 6.45) is 3.06. The maximum Gasteiger partial charge on any atom is 0.281 e. The quantitative estimate of drug-likeness (QED) is 0.585.